The van der Waals surface area contributed by atoms with Crippen LogP contribution in [0.2, 0.25) is 0 Å². The first-order valence-corrected chi connectivity index (χ1v) is 11.4. The number of amidine groups is 1. The molecule has 0 saturated carbocycles. The number of carbonyl (C=O) groups is 1. The van der Waals surface area contributed by atoms with E-state index in [9.17, 15) is 9.90 Å². The second-order valence-corrected chi connectivity index (χ2v) is 9.13. The summed E-state index contributed by atoms with van der Waals surface area (Å²) in [4.78, 5) is 20.7. The minimum absolute atomic E-state index is 0.000830. The number of aromatic hydroxyl groups is 1. The smallest absolute Gasteiger partial charge is 0.271 e. The van der Waals surface area contributed by atoms with Gasteiger partial charge in [0.1, 0.15) is 0 Å². The fourth-order valence-corrected chi connectivity index (χ4v) is 4.60. The van der Waals surface area contributed by atoms with Crippen LogP contribution in [0.5, 0.6) is 11.5 Å². The Morgan fingerprint density at radius 1 is 0.970 bits per heavy atom. The number of phenolic OH excluding ortho intramolecular Hbond substituents is 1. The van der Waals surface area contributed by atoms with Gasteiger partial charge in [-0.1, -0.05) is 36.4 Å². The number of phenols is 1. The molecule has 3 aromatic carbocycles. The van der Waals surface area contributed by atoms with Gasteiger partial charge in [0.15, 0.2) is 16.7 Å². The maximum Gasteiger partial charge on any atom is 0.271 e. The van der Waals surface area contributed by atoms with Gasteiger partial charge in [-0.15, -0.1) is 0 Å². The Morgan fingerprint density at radius 3 is 2.39 bits per heavy atom. The molecule has 1 amide bonds. The van der Waals surface area contributed by atoms with Gasteiger partial charge in [0, 0.05) is 5.56 Å². The molecule has 5 nitrogen and oxygen atoms in total. The first-order valence-electron chi connectivity index (χ1n) is 10.6. The van der Waals surface area contributed by atoms with Gasteiger partial charge in [-0.25, -0.2) is 4.99 Å². The first kappa shape index (κ1) is 22.7. The molecule has 1 heterocycles. The van der Waals surface area contributed by atoms with E-state index >= 15 is 0 Å². The molecular weight excluding hydrogens is 432 g/mol. The van der Waals surface area contributed by atoms with Gasteiger partial charge in [-0.05, 0) is 86.0 Å². The number of methoxy groups -OCH3 is 1. The third-order valence-corrected chi connectivity index (χ3v) is 6.50. The van der Waals surface area contributed by atoms with Gasteiger partial charge >= 0.3 is 0 Å². The van der Waals surface area contributed by atoms with Gasteiger partial charge in [0.05, 0.1) is 23.4 Å². The van der Waals surface area contributed by atoms with Crippen molar-refractivity contribution in [1.29, 1.82) is 0 Å². The number of rotatable bonds is 4. The summed E-state index contributed by atoms with van der Waals surface area (Å²) in [5.74, 6) is 0.175. The van der Waals surface area contributed by atoms with Gasteiger partial charge in [-0.3, -0.25) is 9.69 Å². The van der Waals surface area contributed by atoms with E-state index in [1.807, 2.05) is 64.1 Å². The third-order valence-electron chi connectivity index (χ3n) is 5.53. The van der Waals surface area contributed by atoms with E-state index in [2.05, 4.69) is 0 Å². The molecule has 0 aromatic heterocycles. The molecule has 6 heteroatoms. The molecule has 1 N–H and O–H groups in total. The van der Waals surface area contributed by atoms with Crippen LogP contribution in [-0.4, -0.2) is 23.3 Å². The summed E-state index contributed by atoms with van der Waals surface area (Å²) < 4.78 is 5.22. The summed E-state index contributed by atoms with van der Waals surface area (Å²) in [6, 6.07) is 17.3. The Labute approximate surface area is 198 Å². The SMILES string of the molecule is COc1cccc(/C=C2\SC(=Nc3cc(C)ccc3C)N(c3cc(C)ccc3C)C2=O)c1O. The molecule has 168 valence electrons. The van der Waals surface area contributed by atoms with Crippen LogP contribution in [0.1, 0.15) is 27.8 Å². The van der Waals surface area contributed by atoms with E-state index in [4.69, 9.17) is 9.73 Å². The molecule has 0 spiro atoms. The molecule has 1 aliphatic rings. The van der Waals surface area contributed by atoms with Crippen LogP contribution < -0.4 is 9.64 Å². The van der Waals surface area contributed by atoms with E-state index in [1.165, 1.54) is 18.9 Å². The molecule has 0 unspecified atom stereocenters. The Hall–Kier alpha value is -3.51. The Morgan fingerprint density at radius 2 is 1.67 bits per heavy atom. The molecule has 1 saturated heterocycles. The standard InChI is InChI=1S/C27H26N2O3S/c1-16-9-11-18(3)21(13-16)28-27-29(22-14-17(2)10-12-19(22)4)26(31)24(33-27)15-20-7-6-8-23(32-5)25(20)30/h6-15,30H,1-5H3/b24-15-,28-27?. The maximum atomic E-state index is 13.6. The third kappa shape index (κ3) is 4.52. The van der Waals surface area contributed by atoms with Crippen LogP contribution in [0, 0.1) is 27.7 Å². The number of carbonyl (C=O) groups excluding carboxylic acids is 1. The van der Waals surface area contributed by atoms with Crippen molar-refractivity contribution in [3.05, 3.63) is 87.3 Å². The lowest BCUT2D eigenvalue weighted by molar-refractivity contribution is -0.113. The number of aliphatic imine (C=N–C) groups is 1. The maximum absolute atomic E-state index is 13.6. The molecule has 4 rings (SSSR count). The highest BCUT2D eigenvalue weighted by atomic mass is 32.2. The highest BCUT2D eigenvalue weighted by Crippen LogP contribution is 2.41. The number of hydrogen-bond acceptors (Lipinski definition) is 5. The zero-order valence-corrected chi connectivity index (χ0v) is 20.2. The van der Waals surface area contributed by atoms with E-state index in [-0.39, 0.29) is 11.7 Å². The molecule has 0 bridgehead atoms. The van der Waals surface area contributed by atoms with Crippen molar-refractivity contribution in [2.45, 2.75) is 27.7 Å². The average Bonchev–Trinajstić information content (AvgIpc) is 3.08. The van der Waals surface area contributed by atoms with E-state index < -0.39 is 0 Å². The van der Waals surface area contributed by atoms with Gasteiger partial charge < -0.3 is 9.84 Å². The van der Waals surface area contributed by atoms with Crippen LogP contribution in [0.4, 0.5) is 11.4 Å². The molecule has 1 aliphatic heterocycles. The summed E-state index contributed by atoms with van der Waals surface area (Å²) in [5.41, 5.74) is 6.31. The number of hydrogen-bond donors (Lipinski definition) is 1. The number of aryl methyl sites for hydroxylation is 4. The summed E-state index contributed by atoms with van der Waals surface area (Å²) in [6.45, 7) is 8.02. The van der Waals surface area contributed by atoms with E-state index in [0.717, 1.165) is 33.6 Å². The number of thioether (sulfide) groups is 1. The van der Waals surface area contributed by atoms with Crippen LogP contribution in [0.25, 0.3) is 6.08 Å². The summed E-state index contributed by atoms with van der Waals surface area (Å²) in [7, 11) is 1.50. The lowest BCUT2D eigenvalue weighted by Gasteiger charge is -2.19. The van der Waals surface area contributed by atoms with E-state index in [0.29, 0.717) is 21.4 Å². The Balaban J connectivity index is 1.87. The predicted molar refractivity (Wildman–Crippen MR) is 137 cm³/mol. The van der Waals surface area contributed by atoms with Gasteiger partial charge in [0.25, 0.3) is 5.91 Å². The Kier molecular flexibility index (Phi) is 6.29. The lowest BCUT2D eigenvalue weighted by atomic mass is 10.1. The number of anilines is 1. The molecule has 0 atom stereocenters. The fraction of sp³-hybridized carbons (Fsp3) is 0.185. The van der Waals surface area contributed by atoms with Crippen molar-refractivity contribution in [3.8, 4) is 11.5 Å². The number of benzene rings is 3. The zero-order chi connectivity index (χ0) is 23.7. The number of nitrogens with zero attached hydrogens (tertiary/aromatic N) is 2. The molecule has 1 fully saturated rings. The number of para-hydroxylation sites is 1. The van der Waals surface area contributed by atoms with Gasteiger partial charge in [0.2, 0.25) is 0 Å². The zero-order valence-electron chi connectivity index (χ0n) is 19.3. The molecule has 3 aromatic rings. The van der Waals surface area contributed by atoms with Crippen LogP contribution in [-0.2, 0) is 4.79 Å². The van der Waals surface area contributed by atoms with Crippen molar-refractivity contribution in [1.82, 2.24) is 0 Å². The summed E-state index contributed by atoms with van der Waals surface area (Å²) in [5, 5.41) is 11.1. The second kappa shape index (κ2) is 9.16. The summed E-state index contributed by atoms with van der Waals surface area (Å²) >= 11 is 1.30. The summed E-state index contributed by atoms with van der Waals surface area (Å²) in [6.07, 6.45) is 1.69. The minimum Gasteiger partial charge on any atom is -0.504 e. The first-order chi connectivity index (χ1) is 15.8. The molecular formula is C27H26N2O3S. The highest BCUT2D eigenvalue weighted by Gasteiger charge is 2.36. The fourth-order valence-electron chi connectivity index (χ4n) is 3.63. The number of ether oxygens (including phenoxy) is 1. The van der Waals surface area contributed by atoms with Crippen LogP contribution in [0.15, 0.2) is 64.5 Å². The van der Waals surface area contributed by atoms with Crippen LogP contribution in [0.3, 0.4) is 0 Å². The Bertz CT molecular complexity index is 1310. The van der Waals surface area contributed by atoms with Crippen molar-refractivity contribution >= 4 is 40.3 Å². The molecule has 0 radical (unpaired) electrons. The lowest BCUT2D eigenvalue weighted by Crippen LogP contribution is -2.29. The second-order valence-electron chi connectivity index (χ2n) is 8.12. The normalized spacial score (nSPS) is 16.2. The van der Waals surface area contributed by atoms with Crippen molar-refractivity contribution in [2.75, 3.05) is 12.0 Å². The van der Waals surface area contributed by atoms with Crippen molar-refractivity contribution < 1.29 is 14.6 Å². The number of amides is 1. The predicted octanol–water partition coefficient (Wildman–Crippen LogP) is 6.44. The largest absolute Gasteiger partial charge is 0.504 e. The monoisotopic (exact) mass is 458 g/mol. The van der Waals surface area contributed by atoms with Crippen LogP contribution >= 0.6 is 11.8 Å². The topological polar surface area (TPSA) is 62.1 Å². The quantitative estimate of drug-likeness (QED) is 0.457. The van der Waals surface area contributed by atoms with Crippen molar-refractivity contribution in [2.24, 2.45) is 4.99 Å². The highest BCUT2D eigenvalue weighted by molar-refractivity contribution is 8.19. The average molecular weight is 459 g/mol. The van der Waals surface area contributed by atoms with Crippen molar-refractivity contribution in [3.63, 3.8) is 0 Å². The van der Waals surface area contributed by atoms with E-state index in [1.54, 1.807) is 29.2 Å². The molecule has 33 heavy (non-hydrogen) atoms. The minimum atomic E-state index is -0.181. The molecule has 0 aliphatic carbocycles. The van der Waals surface area contributed by atoms with Gasteiger partial charge in [-0.2, -0.15) is 0 Å².